The van der Waals surface area contributed by atoms with Crippen LogP contribution >= 0.6 is 12.4 Å². The molecule has 0 heterocycles. The Bertz CT molecular complexity index is 438. The van der Waals surface area contributed by atoms with Crippen LogP contribution in [0.25, 0.3) is 0 Å². The van der Waals surface area contributed by atoms with Crippen LogP contribution < -0.4 is 16.4 Å². The molecule has 2 amide bonds. The number of carbonyl (C=O) groups is 2. The summed E-state index contributed by atoms with van der Waals surface area (Å²) >= 11 is 0. The second-order valence-corrected chi connectivity index (χ2v) is 5.03. The van der Waals surface area contributed by atoms with Crippen molar-refractivity contribution in [3.05, 3.63) is 35.9 Å². The minimum absolute atomic E-state index is 0. The molecule has 0 saturated heterocycles. The Hall–Kier alpha value is -1.59. The molecule has 21 heavy (non-hydrogen) atoms. The molecule has 1 atom stereocenters. The maximum atomic E-state index is 12.0. The molecule has 5 nitrogen and oxygen atoms in total. The van der Waals surface area contributed by atoms with E-state index >= 15 is 0 Å². The van der Waals surface area contributed by atoms with Crippen molar-refractivity contribution >= 4 is 24.2 Å². The van der Waals surface area contributed by atoms with Gasteiger partial charge in [0.25, 0.3) is 0 Å². The number of hydrogen-bond donors (Lipinski definition) is 3. The molecule has 118 valence electrons. The monoisotopic (exact) mass is 313 g/mol. The minimum Gasteiger partial charge on any atom is -0.353 e. The Morgan fingerprint density at radius 3 is 2.33 bits per heavy atom. The van der Waals surface area contributed by atoms with E-state index in [1.165, 1.54) is 0 Å². The van der Waals surface area contributed by atoms with Crippen LogP contribution in [0.2, 0.25) is 0 Å². The fraction of sp³-hybridized carbons (Fsp3) is 0.467. The average Bonchev–Trinajstić information content (AvgIpc) is 2.43. The second-order valence-electron chi connectivity index (χ2n) is 5.03. The highest BCUT2D eigenvalue weighted by Crippen LogP contribution is 2.04. The van der Waals surface area contributed by atoms with Gasteiger partial charge in [-0.1, -0.05) is 44.2 Å². The van der Waals surface area contributed by atoms with Crippen molar-refractivity contribution in [3.63, 3.8) is 0 Å². The molecule has 1 aromatic carbocycles. The summed E-state index contributed by atoms with van der Waals surface area (Å²) in [6, 6.07) is 8.92. The molecule has 4 N–H and O–H groups in total. The van der Waals surface area contributed by atoms with Crippen molar-refractivity contribution in [3.8, 4) is 0 Å². The summed E-state index contributed by atoms with van der Waals surface area (Å²) in [6.45, 7) is 4.59. The van der Waals surface area contributed by atoms with Crippen molar-refractivity contribution in [2.45, 2.75) is 26.3 Å². The van der Waals surface area contributed by atoms with E-state index in [9.17, 15) is 9.59 Å². The van der Waals surface area contributed by atoms with Crippen molar-refractivity contribution in [1.82, 2.24) is 10.6 Å². The lowest BCUT2D eigenvalue weighted by Gasteiger charge is -2.21. The number of halogens is 1. The zero-order valence-corrected chi connectivity index (χ0v) is 13.3. The van der Waals surface area contributed by atoms with E-state index in [1.807, 2.05) is 44.2 Å². The zero-order chi connectivity index (χ0) is 15.0. The van der Waals surface area contributed by atoms with Crippen molar-refractivity contribution in [2.75, 3.05) is 13.1 Å². The van der Waals surface area contributed by atoms with Gasteiger partial charge < -0.3 is 16.4 Å². The van der Waals surface area contributed by atoms with E-state index in [2.05, 4.69) is 10.6 Å². The first-order valence-electron chi connectivity index (χ1n) is 6.85. The van der Waals surface area contributed by atoms with Gasteiger partial charge in [-0.2, -0.15) is 0 Å². The van der Waals surface area contributed by atoms with Crippen LogP contribution in [0.4, 0.5) is 0 Å². The number of benzene rings is 1. The van der Waals surface area contributed by atoms with Crippen LogP contribution in [0, 0.1) is 5.92 Å². The van der Waals surface area contributed by atoms with Crippen LogP contribution in [0.15, 0.2) is 30.3 Å². The third-order valence-corrected chi connectivity index (χ3v) is 2.92. The molecule has 6 heteroatoms. The predicted molar refractivity (Wildman–Crippen MR) is 86.2 cm³/mol. The summed E-state index contributed by atoms with van der Waals surface area (Å²) < 4.78 is 0. The summed E-state index contributed by atoms with van der Waals surface area (Å²) in [6.07, 6.45) is 0.272. The number of amides is 2. The van der Waals surface area contributed by atoms with Crippen molar-refractivity contribution in [2.24, 2.45) is 11.7 Å². The van der Waals surface area contributed by atoms with Gasteiger partial charge in [0.15, 0.2) is 0 Å². The third kappa shape index (κ3) is 7.11. The lowest BCUT2D eigenvalue weighted by atomic mass is 10.0. The van der Waals surface area contributed by atoms with Gasteiger partial charge in [0.2, 0.25) is 11.8 Å². The molecule has 1 rings (SSSR count). The molecule has 0 saturated carbocycles. The van der Waals surface area contributed by atoms with Crippen LogP contribution in [0.1, 0.15) is 19.4 Å². The lowest BCUT2D eigenvalue weighted by Crippen LogP contribution is -2.50. The highest BCUT2D eigenvalue weighted by Gasteiger charge is 2.23. The number of nitrogens with two attached hydrogens (primary N) is 1. The van der Waals surface area contributed by atoms with Gasteiger partial charge in [0.05, 0.1) is 6.42 Å². The van der Waals surface area contributed by atoms with E-state index in [-0.39, 0.29) is 36.6 Å². The summed E-state index contributed by atoms with van der Waals surface area (Å²) in [5, 5.41) is 5.49. The average molecular weight is 314 g/mol. The van der Waals surface area contributed by atoms with Gasteiger partial charge in [-0.3, -0.25) is 9.59 Å². The van der Waals surface area contributed by atoms with Crippen LogP contribution in [-0.4, -0.2) is 30.9 Å². The summed E-state index contributed by atoms with van der Waals surface area (Å²) in [4.78, 5) is 23.9. The second kappa shape index (κ2) is 10.2. The molecule has 0 radical (unpaired) electrons. The van der Waals surface area contributed by atoms with E-state index in [4.69, 9.17) is 5.73 Å². The topological polar surface area (TPSA) is 84.2 Å². The standard InChI is InChI=1S/C15H23N3O2.ClH/c1-11(2)14(15(20)17-9-8-16)18-13(19)10-12-6-4-3-5-7-12;/h3-7,11,14H,8-10,16H2,1-2H3,(H,17,20)(H,18,19);1H. The molecule has 0 aliphatic heterocycles. The van der Waals surface area contributed by atoms with Crippen LogP contribution in [0.3, 0.4) is 0 Å². The molecule has 0 spiro atoms. The quantitative estimate of drug-likeness (QED) is 0.698. The first-order chi connectivity index (χ1) is 9.54. The maximum absolute atomic E-state index is 12.0. The summed E-state index contributed by atoms with van der Waals surface area (Å²) in [5.41, 5.74) is 6.28. The van der Waals surface area contributed by atoms with Crippen LogP contribution in [0.5, 0.6) is 0 Å². The first-order valence-corrected chi connectivity index (χ1v) is 6.85. The number of carbonyl (C=O) groups excluding carboxylic acids is 2. The predicted octanol–water partition coefficient (Wildman–Crippen LogP) is 0.867. The molecule has 1 aromatic rings. The Morgan fingerprint density at radius 2 is 1.81 bits per heavy atom. The summed E-state index contributed by atoms with van der Waals surface area (Å²) in [5.74, 6) is -0.322. The zero-order valence-electron chi connectivity index (χ0n) is 12.5. The first kappa shape index (κ1) is 19.4. The fourth-order valence-electron chi connectivity index (χ4n) is 1.85. The Balaban J connectivity index is 0.00000400. The Morgan fingerprint density at radius 1 is 1.19 bits per heavy atom. The third-order valence-electron chi connectivity index (χ3n) is 2.92. The van der Waals surface area contributed by atoms with E-state index < -0.39 is 6.04 Å². The minimum atomic E-state index is -0.530. The van der Waals surface area contributed by atoms with E-state index in [0.717, 1.165) is 5.56 Å². The number of nitrogens with one attached hydrogen (secondary N) is 2. The van der Waals surface area contributed by atoms with Gasteiger partial charge in [-0.25, -0.2) is 0 Å². The molecule has 0 aromatic heterocycles. The molecular weight excluding hydrogens is 290 g/mol. The largest absolute Gasteiger partial charge is 0.353 e. The van der Waals surface area contributed by atoms with Crippen molar-refractivity contribution in [1.29, 1.82) is 0 Å². The SMILES string of the molecule is CC(C)C(NC(=O)Cc1ccccc1)C(=O)NCCN.Cl. The molecule has 0 aliphatic rings. The smallest absolute Gasteiger partial charge is 0.242 e. The van der Waals surface area contributed by atoms with Gasteiger partial charge in [0, 0.05) is 13.1 Å². The van der Waals surface area contributed by atoms with Gasteiger partial charge in [0.1, 0.15) is 6.04 Å². The normalized spacial score (nSPS) is 11.4. The molecule has 1 unspecified atom stereocenters. The lowest BCUT2D eigenvalue weighted by molar-refractivity contribution is -0.129. The number of hydrogen-bond acceptors (Lipinski definition) is 3. The highest BCUT2D eigenvalue weighted by atomic mass is 35.5. The fourth-order valence-corrected chi connectivity index (χ4v) is 1.85. The Kier molecular flexibility index (Phi) is 9.41. The van der Waals surface area contributed by atoms with Gasteiger partial charge >= 0.3 is 0 Å². The molecule has 0 aliphatic carbocycles. The number of rotatable bonds is 7. The Labute approximate surface area is 132 Å². The van der Waals surface area contributed by atoms with Crippen molar-refractivity contribution < 1.29 is 9.59 Å². The van der Waals surface area contributed by atoms with E-state index in [0.29, 0.717) is 13.1 Å². The van der Waals surface area contributed by atoms with Crippen LogP contribution in [-0.2, 0) is 16.0 Å². The van der Waals surface area contributed by atoms with Gasteiger partial charge in [-0.05, 0) is 11.5 Å². The van der Waals surface area contributed by atoms with E-state index in [1.54, 1.807) is 0 Å². The molecule has 0 fully saturated rings. The molecular formula is C15H24ClN3O2. The highest BCUT2D eigenvalue weighted by molar-refractivity contribution is 5.88. The maximum Gasteiger partial charge on any atom is 0.242 e. The molecule has 0 bridgehead atoms. The summed E-state index contributed by atoms with van der Waals surface area (Å²) in [7, 11) is 0. The van der Waals surface area contributed by atoms with Gasteiger partial charge in [-0.15, -0.1) is 12.4 Å².